The molecule has 0 radical (unpaired) electrons. The predicted octanol–water partition coefficient (Wildman–Crippen LogP) is 3.44. The van der Waals surface area contributed by atoms with Gasteiger partial charge in [0.1, 0.15) is 11.6 Å². The van der Waals surface area contributed by atoms with Crippen LogP contribution >= 0.6 is 0 Å². The van der Waals surface area contributed by atoms with Crippen LogP contribution in [0.2, 0.25) is 0 Å². The molecule has 1 aliphatic carbocycles. The molecule has 0 saturated carbocycles. The maximum absolute atomic E-state index is 13.0. The van der Waals surface area contributed by atoms with Gasteiger partial charge in [-0.2, -0.15) is 0 Å². The van der Waals surface area contributed by atoms with E-state index in [9.17, 15) is 8.78 Å². The lowest BCUT2D eigenvalue weighted by atomic mass is 9.77. The standard InChI is InChI=1S/C17H17F2N/c18-15-7-12(8-16(19)10-15)5-6-20-11-14-9-13-3-1-2-4-17(13)14/h1-4,7-8,10,14,20H,5-6,9,11H2. The van der Waals surface area contributed by atoms with Gasteiger partial charge in [0.2, 0.25) is 0 Å². The highest BCUT2D eigenvalue weighted by Gasteiger charge is 2.24. The third-order valence-corrected chi connectivity index (χ3v) is 3.86. The number of halogens is 2. The van der Waals surface area contributed by atoms with Gasteiger partial charge in [0, 0.05) is 18.5 Å². The van der Waals surface area contributed by atoms with Crippen molar-refractivity contribution in [1.29, 1.82) is 0 Å². The fraction of sp³-hybridized carbons (Fsp3) is 0.294. The summed E-state index contributed by atoms with van der Waals surface area (Å²) in [5.74, 6) is -0.434. The highest BCUT2D eigenvalue weighted by molar-refractivity contribution is 5.40. The van der Waals surface area contributed by atoms with E-state index < -0.39 is 11.6 Å². The number of rotatable bonds is 5. The third kappa shape index (κ3) is 2.88. The SMILES string of the molecule is Fc1cc(F)cc(CCNCC2Cc3ccccc32)c1. The van der Waals surface area contributed by atoms with Crippen molar-refractivity contribution in [2.45, 2.75) is 18.8 Å². The fourth-order valence-electron chi connectivity index (χ4n) is 2.81. The minimum Gasteiger partial charge on any atom is -0.316 e. The predicted molar refractivity (Wildman–Crippen MR) is 75.8 cm³/mol. The molecule has 0 aromatic heterocycles. The molecule has 3 rings (SSSR count). The Morgan fingerprint density at radius 2 is 1.80 bits per heavy atom. The molecule has 2 aromatic rings. The normalized spacial score (nSPS) is 16.6. The second-order valence-corrected chi connectivity index (χ2v) is 5.33. The largest absolute Gasteiger partial charge is 0.316 e. The summed E-state index contributed by atoms with van der Waals surface area (Å²) >= 11 is 0. The Morgan fingerprint density at radius 3 is 2.55 bits per heavy atom. The molecule has 0 amide bonds. The number of nitrogens with one attached hydrogen (secondary N) is 1. The number of hydrogen-bond acceptors (Lipinski definition) is 1. The average Bonchev–Trinajstić information content (AvgIpc) is 2.38. The van der Waals surface area contributed by atoms with E-state index in [0.29, 0.717) is 17.9 Å². The molecule has 2 aromatic carbocycles. The van der Waals surface area contributed by atoms with Crippen LogP contribution in [-0.2, 0) is 12.8 Å². The Labute approximate surface area is 117 Å². The molecule has 104 valence electrons. The van der Waals surface area contributed by atoms with Gasteiger partial charge in [0.15, 0.2) is 0 Å². The van der Waals surface area contributed by atoms with Crippen molar-refractivity contribution in [1.82, 2.24) is 5.32 Å². The summed E-state index contributed by atoms with van der Waals surface area (Å²) in [5, 5.41) is 3.37. The van der Waals surface area contributed by atoms with Crippen LogP contribution in [0.4, 0.5) is 8.78 Å². The second-order valence-electron chi connectivity index (χ2n) is 5.33. The van der Waals surface area contributed by atoms with Crippen molar-refractivity contribution in [2.24, 2.45) is 0 Å². The second kappa shape index (κ2) is 5.71. The first kappa shape index (κ1) is 13.3. The van der Waals surface area contributed by atoms with E-state index in [0.717, 1.165) is 25.6 Å². The molecule has 0 saturated heterocycles. The Kier molecular flexibility index (Phi) is 3.79. The zero-order chi connectivity index (χ0) is 13.9. The van der Waals surface area contributed by atoms with Gasteiger partial charge >= 0.3 is 0 Å². The fourth-order valence-corrected chi connectivity index (χ4v) is 2.81. The topological polar surface area (TPSA) is 12.0 Å². The molecule has 0 bridgehead atoms. The molecule has 0 aliphatic heterocycles. The van der Waals surface area contributed by atoms with Gasteiger partial charge in [-0.3, -0.25) is 0 Å². The number of fused-ring (bicyclic) bond motifs is 1. The summed E-state index contributed by atoms with van der Waals surface area (Å²) in [6.45, 7) is 1.66. The zero-order valence-electron chi connectivity index (χ0n) is 11.2. The summed E-state index contributed by atoms with van der Waals surface area (Å²) < 4.78 is 26.1. The van der Waals surface area contributed by atoms with Crippen molar-refractivity contribution in [3.63, 3.8) is 0 Å². The Bertz CT molecular complexity index is 589. The Morgan fingerprint density at radius 1 is 1.05 bits per heavy atom. The summed E-state index contributed by atoms with van der Waals surface area (Å²) in [7, 11) is 0. The van der Waals surface area contributed by atoms with E-state index in [2.05, 4.69) is 29.6 Å². The monoisotopic (exact) mass is 273 g/mol. The first-order valence-electron chi connectivity index (χ1n) is 6.96. The van der Waals surface area contributed by atoms with Crippen LogP contribution in [-0.4, -0.2) is 13.1 Å². The summed E-state index contributed by atoms with van der Waals surface area (Å²) in [4.78, 5) is 0. The quantitative estimate of drug-likeness (QED) is 0.823. The molecule has 1 N–H and O–H groups in total. The van der Waals surface area contributed by atoms with Crippen molar-refractivity contribution in [3.8, 4) is 0 Å². The maximum Gasteiger partial charge on any atom is 0.126 e. The highest BCUT2D eigenvalue weighted by Crippen LogP contribution is 2.33. The summed E-state index contributed by atoms with van der Waals surface area (Å²) in [6.07, 6.45) is 1.76. The lowest BCUT2D eigenvalue weighted by molar-refractivity contribution is 0.535. The molecular weight excluding hydrogens is 256 g/mol. The molecule has 1 atom stereocenters. The third-order valence-electron chi connectivity index (χ3n) is 3.86. The first-order chi connectivity index (χ1) is 9.72. The van der Waals surface area contributed by atoms with E-state index in [-0.39, 0.29) is 0 Å². The van der Waals surface area contributed by atoms with Crippen LogP contribution in [0.15, 0.2) is 42.5 Å². The van der Waals surface area contributed by atoms with Gasteiger partial charge in [-0.15, -0.1) is 0 Å². The van der Waals surface area contributed by atoms with Gasteiger partial charge in [0.25, 0.3) is 0 Å². The average molecular weight is 273 g/mol. The molecule has 0 fully saturated rings. The molecule has 0 heterocycles. The van der Waals surface area contributed by atoms with Gasteiger partial charge in [-0.05, 0) is 48.2 Å². The van der Waals surface area contributed by atoms with E-state index in [1.54, 1.807) is 0 Å². The molecule has 3 heteroatoms. The van der Waals surface area contributed by atoms with Crippen LogP contribution in [0.1, 0.15) is 22.6 Å². The van der Waals surface area contributed by atoms with Gasteiger partial charge in [0.05, 0.1) is 0 Å². The van der Waals surface area contributed by atoms with Crippen LogP contribution in [0.5, 0.6) is 0 Å². The number of benzene rings is 2. The van der Waals surface area contributed by atoms with Crippen LogP contribution in [0.3, 0.4) is 0 Å². The van der Waals surface area contributed by atoms with E-state index in [4.69, 9.17) is 0 Å². The van der Waals surface area contributed by atoms with Gasteiger partial charge < -0.3 is 5.32 Å². The molecule has 1 unspecified atom stereocenters. The molecule has 20 heavy (non-hydrogen) atoms. The molecule has 1 aliphatic rings. The van der Waals surface area contributed by atoms with E-state index >= 15 is 0 Å². The lowest BCUT2D eigenvalue weighted by Crippen LogP contribution is -2.30. The molecule has 1 nitrogen and oxygen atoms in total. The van der Waals surface area contributed by atoms with Crippen LogP contribution in [0, 0.1) is 11.6 Å². The summed E-state index contributed by atoms with van der Waals surface area (Å²) in [6, 6.07) is 12.2. The van der Waals surface area contributed by atoms with Crippen LogP contribution < -0.4 is 5.32 Å². The van der Waals surface area contributed by atoms with Gasteiger partial charge in [-0.1, -0.05) is 24.3 Å². The maximum atomic E-state index is 13.0. The van der Waals surface area contributed by atoms with Crippen molar-refractivity contribution < 1.29 is 8.78 Å². The van der Waals surface area contributed by atoms with Crippen molar-refractivity contribution in [2.75, 3.05) is 13.1 Å². The molecular formula is C17H17F2N. The van der Waals surface area contributed by atoms with Gasteiger partial charge in [-0.25, -0.2) is 8.78 Å². The zero-order valence-corrected chi connectivity index (χ0v) is 11.2. The van der Waals surface area contributed by atoms with Crippen LogP contribution in [0.25, 0.3) is 0 Å². The number of hydrogen-bond donors (Lipinski definition) is 1. The van der Waals surface area contributed by atoms with Crippen molar-refractivity contribution in [3.05, 3.63) is 70.8 Å². The first-order valence-corrected chi connectivity index (χ1v) is 6.96. The summed E-state index contributed by atoms with van der Waals surface area (Å²) in [5.41, 5.74) is 3.56. The lowest BCUT2D eigenvalue weighted by Gasteiger charge is -2.30. The highest BCUT2D eigenvalue weighted by atomic mass is 19.1. The smallest absolute Gasteiger partial charge is 0.126 e. The Balaban J connectivity index is 1.45. The van der Waals surface area contributed by atoms with Crippen molar-refractivity contribution >= 4 is 0 Å². The minimum absolute atomic E-state index is 0.507. The van der Waals surface area contributed by atoms with E-state index in [1.165, 1.54) is 23.3 Å². The van der Waals surface area contributed by atoms with E-state index in [1.807, 2.05) is 0 Å². The minimum atomic E-state index is -0.507. The molecule has 0 spiro atoms. The Hall–Kier alpha value is -1.74.